The minimum atomic E-state index is -1.41. The van der Waals surface area contributed by atoms with Crippen LogP contribution >= 0.6 is 0 Å². The normalized spacial score (nSPS) is 13.4. The van der Waals surface area contributed by atoms with Gasteiger partial charge in [-0.2, -0.15) is 0 Å². The lowest BCUT2D eigenvalue weighted by atomic mass is 9.87. The van der Waals surface area contributed by atoms with E-state index in [1.807, 2.05) is 39.0 Å². The van der Waals surface area contributed by atoms with Crippen molar-refractivity contribution in [3.8, 4) is 11.1 Å². The van der Waals surface area contributed by atoms with Crippen LogP contribution in [0.1, 0.15) is 39.0 Å². The Bertz CT molecular complexity index is 1830. The van der Waals surface area contributed by atoms with Crippen molar-refractivity contribution in [1.82, 2.24) is 4.98 Å². The van der Waals surface area contributed by atoms with E-state index in [-0.39, 0.29) is 5.92 Å². The Balaban J connectivity index is 1.74. The molecule has 0 bridgehead atoms. The number of aryl methyl sites for hydroxylation is 3. The number of hydrogen-bond acceptors (Lipinski definition) is 2. The second kappa shape index (κ2) is 7.70. The highest BCUT2D eigenvalue weighted by molar-refractivity contribution is 6.23. The maximum atomic E-state index is 8.75. The smallest absolute Gasteiger partial charge is 0.227 e. The standard InChI is InChI=1S/C32H29NO/c1-18(2)17-22-9-8-12-23-20(4)25(15-16-26(22)23)29-21(5)24-10-6-7-11-27(24)30-28-14-13-19(3)33-32(28)34-31(29)30/h6-16,18H,17H2,1-5H3/i17D2. The van der Waals surface area contributed by atoms with Crippen LogP contribution in [0.25, 0.3) is 54.7 Å². The van der Waals surface area contributed by atoms with Crippen LogP contribution in [0.3, 0.4) is 0 Å². The average Bonchev–Trinajstić information content (AvgIpc) is 3.23. The molecule has 0 unspecified atom stereocenters. The molecule has 6 rings (SSSR count). The van der Waals surface area contributed by atoms with Gasteiger partial charge in [-0.25, -0.2) is 4.98 Å². The maximum Gasteiger partial charge on any atom is 0.227 e. The van der Waals surface area contributed by atoms with Crippen molar-refractivity contribution >= 4 is 43.6 Å². The van der Waals surface area contributed by atoms with E-state index >= 15 is 0 Å². The maximum absolute atomic E-state index is 8.75. The molecule has 0 saturated carbocycles. The summed E-state index contributed by atoms with van der Waals surface area (Å²) in [5.74, 6) is -0.128. The summed E-state index contributed by atoms with van der Waals surface area (Å²) >= 11 is 0. The highest BCUT2D eigenvalue weighted by Crippen LogP contribution is 2.45. The second-order valence-electron chi connectivity index (χ2n) is 9.59. The van der Waals surface area contributed by atoms with Crippen molar-refractivity contribution in [2.24, 2.45) is 5.92 Å². The van der Waals surface area contributed by atoms with Gasteiger partial charge in [0, 0.05) is 24.8 Å². The SMILES string of the molecule is [2H]C([2H])(c1cccc2c(C)c(-c3c(C)c4ccccc4c4c3oc3nc(C)ccc34)ccc12)C(C)C. The van der Waals surface area contributed by atoms with E-state index in [1.165, 1.54) is 16.3 Å². The number of benzene rings is 4. The van der Waals surface area contributed by atoms with E-state index < -0.39 is 6.37 Å². The Morgan fingerprint density at radius 2 is 1.47 bits per heavy atom. The second-order valence-corrected chi connectivity index (χ2v) is 9.59. The number of hydrogen-bond donors (Lipinski definition) is 0. The van der Waals surface area contributed by atoms with Crippen molar-refractivity contribution < 1.29 is 7.16 Å². The molecule has 0 aliphatic heterocycles. The zero-order valence-electron chi connectivity index (χ0n) is 22.3. The summed E-state index contributed by atoms with van der Waals surface area (Å²) in [6.45, 7) is 10.2. The number of furan rings is 1. The highest BCUT2D eigenvalue weighted by atomic mass is 16.3. The molecule has 2 heteroatoms. The Labute approximate surface area is 203 Å². The van der Waals surface area contributed by atoms with Crippen LogP contribution in [0, 0.1) is 26.7 Å². The van der Waals surface area contributed by atoms with Crippen LogP contribution in [0.2, 0.25) is 0 Å². The fourth-order valence-electron chi connectivity index (χ4n) is 5.39. The fourth-order valence-corrected chi connectivity index (χ4v) is 5.39. The van der Waals surface area contributed by atoms with Gasteiger partial charge >= 0.3 is 0 Å². The van der Waals surface area contributed by atoms with Crippen LogP contribution in [-0.4, -0.2) is 4.98 Å². The summed E-state index contributed by atoms with van der Waals surface area (Å²) in [5.41, 5.74) is 7.67. The third-order valence-corrected chi connectivity index (χ3v) is 6.94. The number of aromatic nitrogens is 1. The Kier molecular flexibility index (Phi) is 4.24. The average molecular weight is 446 g/mol. The molecule has 34 heavy (non-hydrogen) atoms. The largest absolute Gasteiger partial charge is 0.437 e. The molecule has 2 heterocycles. The molecule has 2 aromatic heterocycles. The van der Waals surface area contributed by atoms with Crippen molar-refractivity contribution in [3.63, 3.8) is 0 Å². The summed E-state index contributed by atoms with van der Waals surface area (Å²) in [7, 11) is 0. The van der Waals surface area contributed by atoms with Gasteiger partial charge in [0.25, 0.3) is 0 Å². The lowest BCUT2D eigenvalue weighted by Crippen LogP contribution is -1.97. The molecular formula is C32H29NO. The van der Waals surface area contributed by atoms with Gasteiger partial charge in [0.1, 0.15) is 5.58 Å². The van der Waals surface area contributed by atoms with Gasteiger partial charge in [0.05, 0.1) is 0 Å². The zero-order chi connectivity index (χ0) is 25.4. The predicted octanol–water partition coefficient (Wildman–Crippen LogP) is 9.08. The summed E-state index contributed by atoms with van der Waals surface area (Å²) in [4.78, 5) is 4.70. The first-order valence-corrected chi connectivity index (χ1v) is 11.9. The molecular weight excluding hydrogens is 414 g/mol. The van der Waals surface area contributed by atoms with E-state index in [4.69, 9.17) is 12.1 Å². The minimum absolute atomic E-state index is 0.128. The van der Waals surface area contributed by atoms with Crippen molar-refractivity contribution in [2.45, 2.75) is 41.0 Å². The molecule has 0 N–H and O–H groups in total. The molecule has 0 radical (unpaired) electrons. The lowest BCUT2D eigenvalue weighted by Gasteiger charge is -2.17. The summed E-state index contributed by atoms with van der Waals surface area (Å²) < 4.78 is 24.0. The van der Waals surface area contributed by atoms with Crippen molar-refractivity contribution in [3.05, 3.63) is 89.1 Å². The number of pyridine rings is 1. The summed E-state index contributed by atoms with van der Waals surface area (Å²) in [6, 6.07) is 22.9. The molecule has 0 spiro atoms. The third-order valence-electron chi connectivity index (χ3n) is 6.94. The Morgan fingerprint density at radius 1 is 0.765 bits per heavy atom. The Hall–Kier alpha value is -3.65. The third kappa shape index (κ3) is 3.05. The first-order valence-electron chi connectivity index (χ1n) is 12.9. The monoisotopic (exact) mass is 445 g/mol. The van der Waals surface area contributed by atoms with E-state index in [2.05, 4.69) is 62.4 Å². The molecule has 0 aliphatic carbocycles. The van der Waals surface area contributed by atoms with Gasteiger partial charge < -0.3 is 4.42 Å². The van der Waals surface area contributed by atoms with E-state index in [0.29, 0.717) is 5.71 Å². The van der Waals surface area contributed by atoms with Crippen LogP contribution in [0.4, 0.5) is 0 Å². The summed E-state index contributed by atoms with van der Waals surface area (Å²) in [5, 5.41) is 6.53. The molecule has 4 aromatic carbocycles. The Morgan fingerprint density at radius 3 is 2.26 bits per heavy atom. The first-order chi connectivity index (χ1) is 17.2. The van der Waals surface area contributed by atoms with Crippen molar-refractivity contribution in [1.29, 1.82) is 0 Å². The van der Waals surface area contributed by atoms with Crippen LogP contribution in [-0.2, 0) is 6.37 Å². The molecule has 0 fully saturated rings. The minimum Gasteiger partial charge on any atom is -0.437 e. The number of rotatable bonds is 3. The van der Waals surface area contributed by atoms with E-state index in [9.17, 15) is 0 Å². The summed E-state index contributed by atoms with van der Waals surface area (Å²) in [6.07, 6.45) is -1.41. The van der Waals surface area contributed by atoms with Gasteiger partial charge in [-0.05, 0) is 89.0 Å². The quantitative estimate of drug-likeness (QED) is 0.271. The zero-order valence-corrected chi connectivity index (χ0v) is 20.3. The highest BCUT2D eigenvalue weighted by Gasteiger charge is 2.21. The molecule has 6 aromatic rings. The van der Waals surface area contributed by atoms with Gasteiger partial charge in [0.15, 0.2) is 0 Å². The molecule has 0 saturated heterocycles. The molecule has 2 nitrogen and oxygen atoms in total. The molecule has 0 aliphatic rings. The van der Waals surface area contributed by atoms with Crippen LogP contribution < -0.4 is 0 Å². The molecule has 0 atom stereocenters. The predicted molar refractivity (Wildman–Crippen MR) is 145 cm³/mol. The van der Waals surface area contributed by atoms with Crippen molar-refractivity contribution in [2.75, 3.05) is 0 Å². The first kappa shape index (κ1) is 18.7. The van der Waals surface area contributed by atoms with Gasteiger partial charge in [0.2, 0.25) is 5.71 Å². The topological polar surface area (TPSA) is 26.0 Å². The number of nitrogens with zero attached hydrogens (tertiary/aromatic N) is 1. The molecule has 168 valence electrons. The van der Waals surface area contributed by atoms with Gasteiger partial charge in [-0.3, -0.25) is 0 Å². The van der Waals surface area contributed by atoms with Gasteiger partial charge in [-0.1, -0.05) is 68.4 Å². The van der Waals surface area contributed by atoms with Gasteiger partial charge in [-0.15, -0.1) is 0 Å². The lowest BCUT2D eigenvalue weighted by molar-refractivity contribution is 0.650. The van der Waals surface area contributed by atoms with E-state index in [0.717, 1.165) is 55.1 Å². The fraction of sp³-hybridized carbons (Fsp3) is 0.219. The molecule has 0 amide bonds. The van der Waals surface area contributed by atoms with E-state index in [1.54, 1.807) is 0 Å². The van der Waals surface area contributed by atoms with Crippen LogP contribution in [0.5, 0.6) is 0 Å². The number of fused-ring (bicyclic) bond motifs is 6. The van der Waals surface area contributed by atoms with Crippen LogP contribution in [0.15, 0.2) is 71.1 Å².